The third-order valence-corrected chi connectivity index (χ3v) is 4.31. The molecular formula is C17H20N4O2. The monoisotopic (exact) mass is 312 g/mol. The van der Waals surface area contributed by atoms with E-state index in [1.165, 1.54) is 6.20 Å². The van der Waals surface area contributed by atoms with Gasteiger partial charge in [-0.05, 0) is 25.1 Å². The summed E-state index contributed by atoms with van der Waals surface area (Å²) in [6.07, 6.45) is 4.93. The molecule has 6 heteroatoms. The number of aromatic nitrogens is 2. The van der Waals surface area contributed by atoms with Crippen LogP contribution in [0.1, 0.15) is 29.0 Å². The van der Waals surface area contributed by atoms with Crippen LogP contribution in [0.4, 0.5) is 5.69 Å². The van der Waals surface area contributed by atoms with E-state index in [-0.39, 0.29) is 11.6 Å². The molecule has 1 fully saturated rings. The van der Waals surface area contributed by atoms with Crippen molar-refractivity contribution >= 4 is 11.7 Å². The van der Waals surface area contributed by atoms with E-state index < -0.39 is 5.97 Å². The normalized spacial score (nSPS) is 17.0. The predicted molar refractivity (Wildman–Crippen MR) is 87.6 cm³/mol. The molecule has 0 radical (unpaired) electrons. The van der Waals surface area contributed by atoms with Crippen molar-refractivity contribution in [3.05, 3.63) is 54.1 Å². The smallest absolute Gasteiger partial charge is 0.337 e. The summed E-state index contributed by atoms with van der Waals surface area (Å²) < 4.78 is 0. The molecule has 1 aliphatic heterocycles. The Balaban J connectivity index is 1.64. The van der Waals surface area contributed by atoms with Gasteiger partial charge >= 0.3 is 5.97 Å². The zero-order chi connectivity index (χ0) is 16.2. The van der Waals surface area contributed by atoms with Crippen LogP contribution in [-0.2, 0) is 0 Å². The Morgan fingerprint density at radius 3 is 2.65 bits per heavy atom. The lowest BCUT2D eigenvalue weighted by atomic mass is 10.1. The molecule has 23 heavy (non-hydrogen) atoms. The lowest BCUT2D eigenvalue weighted by molar-refractivity contribution is 0.0696. The van der Waals surface area contributed by atoms with E-state index in [9.17, 15) is 4.79 Å². The average Bonchev–Trinajstić information content (AvgIpc) is 2.62. The summed E-state index contributed by atoms with van der Waals surface area (Å²) in [5, 5.41) is 9.07. The number of aromatic carboxylic acids is 1. The van der Waals surface area contributed by atoms with Crippen molar-refractivity contribution in [2.24, 2.45) is 0 Å². The van der Waals surface area contributed by atoms with Crippen LogP contribution in [0.2, 0.25) is 0 Å². The summed E-state index contributed by atoms with van der Waals surface area (Å²) in [6.45, 7) is 5.69. The molecule has 0 aromatic carbocycles. The van der Waals surface area contributed by atoms with Crippen LogP contribution in [0.25, 0.3) is 0 Å². The van der Waals surface area contributed by atoms with Crippen LogP contribution in [0.5, 0.6) is 0 Å². The molecule has 1 N–H and O–H groups in total. The van der Waals surface area contributed by atoms with Crippen molar-refractivity contribution in [3.63, 3.8) is 0 Å². The Hall–Kier alpha value is -2.47. The number of carboxylic acids is 1. The molecular weight excluding hydrogens is 292 g/mol. The molecule has 0 amide bonds. The number of hydrogen-bond acceptors (Lipinski definition) is 5. The molecule has 2 aromatic rings. The van der Waals surface area contributed by atoms with E-state index in [0.717, 1.165) is 37.6 Å². The Kier molecular flexibility index (Phi) is 4.52. The zero-order valence-corrected chi connectivity index (χ0v) is 13.1. The van der Waals surface area contributed by atoms with Gasteiger partial charge in [0.25, 0.3) is 0 Å². The fourth-order valence-electron chi connectivity index (χ4n) is 2.90. The maximum absolute atomic E-state index is 11.1. The van der Waals surface area contributed by atoms with Crippen molar-refractivity contribution in [1.29, 1.82) is 0 Å². The van der Waals surface area contributed by atoms with Crippen molar-refractivity contribution in [2.45, 2.75) is 13.0 Å². The fraction of sp³-hybridized carbons (Fsp3) is 0.353. The van der Waals surface area contributed by atoms with Crippen LogP contribution in [-0.4, -0.2) is 52.1 Å². The summed E-state index contributed by atoms with van der Waals surface area (Å²) >= 11 is 0. The Labute approximate surface area is 135 Å². The van der Waals surface area contributed by atoms with Gasteiger partial charge in [0.1, 0.15) is 0 Å². The van der Waals surface area contributed by atoms with E-state index in [1.807, 2.05) is 18.3 Å². The second kappa shape index (κ2) is 6.75. The van der Waals surface area contributed by atoms with Gasteiger partial charge in [-0.15, -0.1) is 0 Å². The van der Waals surface area contributed by atoms with E-state index in [0.29, 0.717) is 0 Å². The van der Waals surface area contributed by atoms with Gasteiger partial charge in [-0.2, -0.15) is 0 Å². The number of anilines is 1. The van der Waals surface area contributed by atoms with Crippen LogP contribution in [0.3, 0.4) is 0 Å². The summed E-state index contributed by atoms with van der Waals surface area (Å²) in [5.41, 5.74) is 2.18. The summed E-state index contributed by atoms with van der Waals surface area (Å²) in [5.74, 6) is -0.943. The second-order valence-electron chi connectivity index (χ2n) is 5.69. The molecule has 120 valence electrons. The lowest BCUT2D eigenvalue weighted by Crippen LogP contribution is -2.47. The first kappa shape index (κ1) is 15.4. The number of carbonyl (C=O) groups is 1. The molecule has 3 heterocycles. The van der Waals surface area contributed by atoms with Crippen LogP contribution in [0, 0.1) is 0 Å². The minimum atomic E-state index is -0.943. The van der Waals surface area contributed by atoms with Crippen molar-refractivity contribution in [2.75, 3.05) is 31.1 Å². The molecule has 1 saturated heterocycles. The third-order valence-electron chi connectivity index (χ3n) is 4.31. The quantitative estimate of drug-likeness (QED) is 0.932. The number of nitrogens with zero attached hydrogens (tertiary/aromatic N) is 4. The highest BCUT2D eigenvalue weighted by molar-refractivity contribution is 5.88. The fourth-order valence-corrected chi connectivity index (χ4v) is 2.90. The molecule has 1 unspecified atom stereocenters. The molecule has 6 nitrogen and oxygen atoms in total. The van der Waals surface area contributed by atoms with Crippen molar-refractivity contribution in [3.8, 4) is 0 Å². The number of rotatable bonds is 4. The van der Waals surface area contributed by atoms with Gasteiger partial charge in [-0.3, -0.25) is 14.9 Å². The molecule has 0 spiro atoms. The van der Waals surface area contributed by atoms with Crippen molar-refractivity contribution in [1.82, 2.24) is 14.9 Å². The second-order valence-corrected chi connectivity index (χ2v) is 5.69. The molecule has 3 rings (SSSR count). The van der Waals surface area contributed by atoms with Gasteiger partial charge in [0.15, 0.2) is 0 Å². The lowest BCUT2D eigenvalue weighted by Gasteiger charge is -2.38. The summed E-state index contributed by atoms with van der Waals surface area (Å²) in [4.78, 5) is 24.1. The first-order valence-corrected chi connectivity index (χ1v) is 7.73. The van der Waals surface area contributed by atoms with Gasteiger partial charge in [0.05, 0.1) is 23.1 Å². The van der Waals surface area contributed by atoms with E-state index in [2.05, 4.69) is 32.8 Å². The number of piperazine rings is 1. The van der Waals surface area contributed by atoms with Gasteiger partial charge < -0.3 is 10.0 Å². The Bertz CT molecular complexity index is 669. The van der Waals surface area contributed by atoms with Crippen LogP contribution >= 0.6 is 0 Å². The molecule has 0 saturated carbocycles. The van der Waals surface area contributed by atoms with Gasteiger partial charge in [-0.25, -0.2) is 4.79 Å². The van der Waals surface area contributed by atoms with Crippen LogP contribution < -0.4 is 4.90 Å². The minimum absolute atomic E-state index is 0.229. The SMILES string of the molecule is CC(c1ccccn1)N1CCN(c2cncc(C(=O)O)c2)CC1. The molecule has 1 aliphatic rings. The third kappa shape index (κ3) is 3.48. The predicted octanol–water partition coefficient (Wildman–Crippen LogP) is 2.06. The van der Waals surface area contributed by atoms with E-state index >= 15 is 0 Å². The molecule has 2 aromatic heterocycles. The van der Waals surface area contributed by atoms with E-state index in [4.69, 9.17) is 5.11 Å². The first-order valence-electron chi connectivity index (χ1n) is 7.73. The van der Waals surface area contributed by atoms with E-state index in [1.54, 1.807) is 12.3 Å². The minimum Gasteiger partial charge on any atom is -0.478 e. The van der Waals surface area contributed by atoms with Gasteiger partial charge in [0, 0.05) is 44.6 Å². The van der Waals surface area contributed by atoms with Crippen molar-refractivity contribution < 1.29 is 9.90 Å². The van der Waals surface area contributed by atoms with Crippen LogP contribution in [0.15, 0.2) is 42.9 Å². The topological polar surface area (TPSA) is 69.6 Å². The molecule has 0 aliphatic carbocycles. The highest BCUT2D eigenvalue weighted by atomic mass is 16.4. The molecule has 0 bridgehead atoms. The highest BCUT2D eigenvalue weighted by Gasteiger charge is 2.23. The summed E-state index contributed by atoms with van der Waals surface area (Å²) in [7, 11) is 0. The Morgan fingerprint density at radius 2 is 2.00 bits per heavy atom. The zero-order valence-electron chi connectivity index (χ0n) is 13.1. The largest absolute Gasteiger partial charge is 0.478 e. The number of carboxylic acid groups (broad SMARTS) is 1. The Morgan fingerprint density at radius 1 is 1.22 bits per heavy atom. The molecule has 1 atom stereocenters. The standard InChI is InChI=1S/C17H20N4O2/c1-13(16-4-2-3-5-19-16)20-6-8-21(9-7-20)15-10-14(17(22)23)11-18-12-15/h2-5,10-13H,6-9H2,1H3,(H,22,23). The number of hydrogen-bond donors (Lipinski definition) is 1. The first-order chi connectivity index (χ1) is 11.1. The highest BCUT2D eigenvalue weighted by Crippen LogP contribution is 2.22. The number of pyridine rings is 2. The average molecular weight is 312 g/mol. The maximum Gasteiger partial charge on any atom is 0.337 e. The van der Waals surface area contributed by atoms with Gasteiger partial charge in [-0.1, -0.05) is 6.07 Å². The summed E-state index contributed by atoms with van der Waals surface area (Å²) in [6, 6.07) is 7.96. The maximum atomic E-state index is 11.1. The van der Waals surface area contributed by atoms with Gasteiger partial charge in [0.2, 0.25) is 0 Å².